The summed E-state index contributed by atoms with van der Waals surface area (Å²) in [6.07, 6.45) is 0.986. The van der Waals surface area contributed by atoms with Gasteiger partial charge in [0.1, 0.15) is 0 Å². The molecule has 0 saturated carbocycles. The van der Waals surface area contributed by atoms with Gasteiger partial charge in [0, 0.05) is 20.1 Å². The first-order valence-electron chi connectivity index (χ1n) is 4.75. The molecule has 0 radical (unpaired) electrons. The lowest BCUT2D eigenvalue weighted by molar-refractivity contribution is -0.132. The monoisotopic (exact) mass is 204 g/mol. The number of hydrogen-bond acceptors (Lipinski definition) is 3. The highest BCUT2D eigenvalue weighted by Gasteiger charge is 2.24. The largest absolute Gasteiger partial charge is 0.520 e. The number of hydrogen-bond donors (Lipinski definition) is 0. The lowest BCUT2D eigenvalue weighted by Gasteiger charge is -2.21. The fraction of sp³-hybridized carbons (Fsp3) is 0.889. The smallest absolute Gasteiger partial charge is 0.289 e. The molecule has 0 aliphatic rings. The van der Waals surface area contributed by atoms with Crippen molar-refractivity contribution in [1.82, 2.24) is 0 Å². The first-order valence-corrected chi connectivity index (χ1v) is 7.87. The van der Waals surface area contributed by atoms with E-state index >= 15 is 0 Å². The summed E-state index contributed by atoms with van der Waals surface area (Å²) in [7, 11) is -1.75. The fourth-order valence-electron chi connectivity index (χ4n) is 1.18. The number of rotatable bonds is 6. The van der Waals surface area contributed by atoms with Crippen molar-refractivity contribution < 1.29 is 14.0 Å². The van der Waals surface area contributed by atoms with Gasteiger partial charge in [0.05, 0.1) is 0 Å². The molecule has 13 heavy (non-hydrogen) atoms. The zero-order valence-electron chi connectivity index (χ0n) is 9.05. The molecule has 0 atom stereocenters. The Morgan fingerprint density at radius 1 is 1.38 bits per heavy atom. The van der Waals surface area contributed by atoms with Crippen LogP contribution in [-0.4, -0.2) is 27.5 Å². The van der Waals surface area contributed by atoms with E-state index in [0.717, 1.165) is 25.7 Å². The van der Waals surface area contributed by atoms with Crippen LogP contribution >= 0.6 is 0 Å². The van der Waals surface area contributed by atoms with Crippen LogP contribution in [-0.2, 0) is 14.0 Å². The molecular formula is C9H20O3Si. The topological polar surface area (TPSA) is 35.5 Å². The van der Waals surface area contributed by atoms with Gasteiger partial charge in [0.2, 0.25) is 8.32 Å². The van der Waals surface area contributed by atoms with Crippen LogP contribution in [0.5, 0.6) is 0 Å². The Bertz CT molecular complexity index is 157. The van der Waals surface area contributed by atoms with Crippen molar-refractivity contribution >= 4 is 14.3 Å². The number of carbonyl (C=O) groups is 1. The molecule has 0 aromatic rings. The molecule has 0 aliphatic carbocycles. The van der Waals surface area contributed by atoms with E-state index in [1.807, 2.05) is 6.92 Å². The first-order chi connectivity index (χ1) is 5.98. The van der Waals surface area contributed by atoms with Crippen LogP contribution in [0, 0.1) is 0 Å². The summed E-state index contributed by atoms with van der Waals surface area (Å²) < 4.78 is 10.5. The minimum atomic E-state index is -1.75. The van der Waals surface area contributed by atoms with E-state index in [2.05, 4.69) is 13.1 Å². The van der Waals surface area contributed by atoms with Crippen LogP contribution in [0.1, 0.15) is 20.3 Å². The maximum atomic E-state index is 10.7. The normalized spacial score (nSPS) is 11.4. The zero-order chi connectivity index (χ0) is 10.3. The van der Waals surface area contributed by atoms with Gasteiger partial charge in [-0.05, 0) is 32.5 Å². The van der Waals surface area contributed by atoms with Gasteiger partial charge in [-0.1, -0.05) is 0 Å². The maximum absolute atomic E-state index is 10.7. The van der Waals surface area contributed by atoms with Gasteiger partial charge < -0.3 is 9.16 Å². The third kappa shape index (κ3) is 7.99. The molecule has 0 aromatic heterocycles. The Morgan fingerprint density at radius 2 is 2.00 bits per heavy atom. The van der Waals surface area contributed by atoms with Crippen molar-refractivity contribution in [3.63, 3.8) is 0 Å². The van der Waals surface area contributed by atoms with E-state index < -0.39 is 8.32 Å². The predicted octanol–water partition coefficient (Wildman–Crippen LogP) is 2.18. The second-order valence-electron chi connectivity index (χ2n) is 3.65. The van der Waals surface area contributed by atoms with E-state index in [1.54, 1.807) is 0 Å². The van der Waals surface area contributed by atoms with Crippen molar-refractivity contribution in [2.45, 2.75) is 39.4 Å². The Labute approximate surface area is 81.6 Å². The highest BCUT2D eigenvalue weighted by molar-refractivity contribution is 6.72. The van der Waals surface area contributed by atoms with Crippen LogP contribution in [0.3, 0.4) is 0 Å². The minimum Gasteiger partial charge on any atom is -0.520 e. The molecule has 0 aromatic carbocycles. The van der Waals surface area contributed by atoms with Gasteiger partial charge in [-0.25, -0.2) is 0 Å². The fourth-order valence-corrected chi connectivity index (χ4v) is 3.06. The maximum Gasteiger partial charge on any atom is 0.289 e. The van der Waals surface area contributed by atoms with Crippen LogP contribution in [0.25, 0.3) is 0 Å². The summed E-state index contributed by atoms with van der Waals surface area (Å²) in [4.78, 5) is 10.7. The third-order valence-corrected chi connectivity index (χ3v) is 4.09. The van der Waals surface area contributed by atoms with Crippen molar-refractivity contribution in [3.8, 4) is 0 Å². The van der Waals surface area contributed by atoms with E-state index in [1.165, 1.54) is 6.92 Å². The molecular weight excluding hydrogens is 184 g/mol. The lowest BCUT2D eigenvalue weighted by Crippen LogP contribution is -2.32. The molecule has 0 rings (SSSR count). The number of carbonyl (C=O) groups excluding carboxylic acids is 1. The van der Waals surface area contributed by atoms with E-state index in [4.69, 9.17) is 9.16 Å². The highest BCUT2D eigenvalue weighted by atomic mass is 28.4. The van der Waals surface area contributed by atoms with Gasteiger partial charge in [-0.15, -0.1) is 0 Å². The average Bonchev–Trinajstić information content (AvgIpc) is 1.95. The molecule has 0 spiro atoms. The molecule has 0 saturated heterocycles. The minimum absolute atomic E-state index is 0.159. The lowest BCUT2D eigenvalue weighted by atomic mass is 10.5. The van der Waals surface area contributed by atoms with Crippen molar-refractivity contribution in [2.75, 3.05) is 13.2 Å². The molecule has 0 fully saturated rings. The molecule has 0 N–H and O–H groups in total. The molecule has 0 heterocycles. The standard InChI is InChI=1S/C9H20O3Si/c1-5-11-7-6-8-13(3,4)12-9(2)10/h5-8H2,1-4H3. The van der Waals surface area contributed by atoms with Crippen molar-refractivity contribution in [1.29, 1.82) is 0 Å². The van der Waals surface area contributed by atoms with Crippen LogP contribution in [0.4, 0.5) is 0 Å². The molecule has 78 valence electrons. The van der Waals surface area contributed by atoms with Gasteiger partial charge in [-0.2, -0.15) is 0 Å². The van der Waals surface area contributed by atoms with E-state index in [-0.39, 0.29) is 5.97 Å². The van der Waals surface area contributed by atoms with E-state index in [9.17, 15) is 4.79 Å². The second-order valence-corrected chi connectivity index (χ2v) is 7.88. The Kier molecular flexibility index (Phi) is 5.99. The Balaban J connectivity index is 3.56. The summed E-state index contributed by atoms with van der Waals surface area (Å²) in [6, 6.07) is 0.979. The Hall–Kier alpha value is -0.353. The van der Waals surface area contributed by atoms with Crippen LogP contribution in [0.15, 0.2) is 0 Å². The van der Waals surface area contributed by atoms with Crippen LogP contribution < -0.4 is 0 Å². The predicted molar refractivity (Wildman–Crippen MR) is 55.2 cm³/mol. The molecule has 4 heteroatoms. The van der Waals surface area contributed by atoms with E-state index in [0.29, 0.717) is 0 Å². The molecule has 0 amide bonds. The molecule has 0 unspecified atom stereocenters. The van der Waals surface area contributed by atoms with Crippen molar-refractivity contribution in [3.05, 3.63) is 0 Å². The summed E-state index contributed by atoms with van der Waals surface area (Å²) in [6.45, 7) is 9.09. The van der Waals surface area contributed by atoms with Gasteiger partial charge in [-0.3, -0.25) is 4.79 Å². The van der Waals surface area contributed by atoms with Gasteiger partial charge in [0.15, 0.2) is 0 Å². The second kappa shape index (κ2) is 6.15. The number of ether oxygens (including phenoxy) is 1. The highest BCUT2D eigenvalue weighted by Crippen LogP contribution is 2.13. The molecule has 0 bridgehead atoms. The zero-order valence-corrected chi connectivity index (χ0v) is 10.1. The first kappa shape index (κ1) is 12.6. The molecule has 0 aliphatic heterocycles. The summed E-state index contributed by atoms with van der Waals surface area (Å²) in [5, 5.41) is 0. The van der Waals surface area contributed by atoms with Gasteiger partial charge >= 0.3 is 0 Å². The SMILES string of the molecule is CCOCCC[Si](C)(C)OC(C)=O. The Morgan fingerprint density at radius 3 is 2.46 bits per heavy atom. The van der Waals surface area contributed by atoms with Crippen molar-refractivity contribution in [2.24, 2.45) is 0 Å². The average molecular weight is 204 g/mol. The summed E-state index contributed by atoms with van der Waals surface area (Å²) >= 11 is 0. The molecule has 3 nitrogen and oxygen atoms in total. The van der Waals surface area contributed by atoms with Gasteiger partial charge in [0.25, 0.3) is 5.97 Å². The summed E-state index contributed by atoms with van der Waals surface area (Å²) in [5.74, 6) is -0.159. The van der Waals surface area contributed by atoms with Crippen LogP contribution in [0.2, 0.25) is 19.1 Å². The quantitative estimate of drug-likeness (QED) is 0.491. The summed E-state index contributed by atoms with van der Waals surface area (Å²) in [5.41, 5.74) is 0. The third-order valence-electron chi connectivity index (χ3n) is 1.69.